The van der Waals surface area contributed by atoms with Gasteiger partial charge in [-0.1, -0.05) is 0 Å². The van der Waals surface area contributed by atoms with Gasteiger partial charge in [0.1, 0.15) is 6.20 Å². The van der Waals surface area contributed by atoms with Gasteiger partial charge in [-0.3, -0.25) is 10.1 Å². The lowest BCUT2D eigenvalue weighted by Crippen LogP contribution is -2.02. The number of nitro groups is 1. The maximum Gasteiger partial charge on any atom is 0.331 e. The van der Waals surface area contributed by atoms with Gasteiger partial charge >= 0.3 is 5.69 Å². The van der Waals surface area contributed by atoms with Gasteiger partial charge in [0.2, 0.25) is 10.9 Å². The van der Waals surface area contributed by atoms with Crippen LogP contribution in [-0.4, -0.2) is 19.7 Å². The normalized spacial score (nSPS) is 10.3. The summed E-state index contributed by atoms with van der Waals surface area (Å²) in [5.41, 5.74) is 5.31. The zero-order valence-corrected chi connectivity index (χ0v) is 7.64. The van der Waals surface area contributed by atoms with Gasteiger partial charge in [0.25, 0.3) is 0 Å². The summed E-state index contributed by atoms with van der Waals surface area (Å²) in [5.74, 6) is -0.00931. The molecule has 7 nitrogen and oxygen atoms in total. The first-order chi connectivity index (χ1) is 6.70. The second-order valence-corrected chi connectivity index (χ2v) is 3.27. The van der Waals surface area contributed by atoms with Crippen LogP contribution in [0, 0.1) is 10.1 Å². The van der Waals surface area contributed by atoms with Crippen LogP contribution in [0.25, 0.3) is 5.13 Å². The Labute approximate surface area is 81.9 Å². The molecule has 8 heteroatoms. The molecule has 2 N–H and O–H groups in total. The van der Waals surface area contributed by atoms with Gasteiger partial charge in [-0.05, 0) is 0 Å². The van der Waals surface area contributed by atoms with Crippen molar-refractivity contribution in [2.45, 2.75) is 0 Å². The smallest absolute Gasteiger partial charge is 0.331 e. The number of anilines is 1. The Kier molecular flexibility index (Phi) is 1.89. The molecule has 72 valence electrons. The molecule has 0 aliphatic rings. The van der Waals surface area contributed by atoms with Crippen LogP contribution >= 0.6 is 11.3 Å². The minimum atomic E-state index is -0.577. The van der Waals surface area contributed by atoms with E-state index in [-0.39, 0.29) is 11.5 Å². The average Bonchev–Trinajstić information content (AvgIpc) is 2.71. The van der Waals surface area contributed by atoms with E-state index in [9.17, 15) is 10.1 Å². The average molecular weight is 211 g/mol. The highest BCUT2D eigenvalue weighted by atomic mass is 32.1. The summed E-state index contributed by atoms with van der Waals surface area (Å²) in [6.45, 7) is 0. The number of aromatic nitrogens is 3. The van der Waals surface area contributed by atoms with Crippen LogP contribution in [0.15, 0.2) is 17.8 Å². The van der Waals surface area contributed by atoms with Crippen LogP contribution in [0.5, 0.6) is 0 Å². The van der Waals surface area contributed by atoms with Crippen LogP contribution in [-0.2, 0) is 0 Å². The van der Waals surface area contributed by atoms with Gasteiger partial charge in [0.15, 0.2) is 0 Å². The van der Waals surface area contributed by atoms with Gasteiger partial charge in [-0.15, -0.1) is 11.3 Å². The first-order valence-electron chi connectivity index (χ1n) is 3.58. The van der Waals surface area contributed by atoms with Crippen molar-refractivity contribution in [3.63, 3.8) is 0 Å². The minimum absolute atomic E-state index is 0.00931. The minimum Gasteiger partial charge on any atom is -0.378 e. The zero-order chi connectivity index (χ0) is 10.1. The molecule has 0 aliphatic heterocycles. The zero-order valence-electron chi connectivity index (χ0n) is 6.82. The Hall–Kier alpha value is -1.96. The number of nitrogen functional groups attached to an aromatic ring is 1. The molecule has 0 aromatic carbocycles. The second kappa shape index (κ2) is 3.07. The standard InChI is InChI=1S/C6H5N5O2S/c7-5-4(11(12)13)3-9-10(5)6-8-1-2-14-6/h1-3H,7H2. The Morgan fingerprint density at radius 3 is 2.93 bits per heavy atom. The Balaban J connectivity index is 2.52. The first-order valence-corrected chi connectivity index (χ1v) is 4.46. The van der Waals surface area contributed by atoms with Crippen LogP contribution in [0.1, 0.15) is 0 Å². The lowest BCUT2D eigenvalue weighted by atomic mass is 10.5. The van der Waals surface area contributed by atoms with E-state index in [2.05, 4.69) is 10.1 Å². The lowest BCUT2D eigenvalue weighted by Gasteiger charge is -1.95. The molecule has 0 unspecified atom stereocenters. The van der Waals surface area contributed by atoms with Crippen molar-refractivity contribution >= 4 is 22.8 Å². The van der Waals surface area contributed by atoms with E-state index in [0.29, 0.717) is 5.13 Å². The van der Waals surface area contributed by atoms with E-state index >= 15 is 0 Å². The van der Waals surface area contributed by atoms with Gasteiger partial charge < -0.3 is 5.73 Å². The van der Waals surface area contributed by atoms with Crippen molar-refractivity contribution in [2.75, 3.05) is 5.73 Å². The molecule has 2 rings (SSSR count). The van der Waals surface area contributed by atoms with Gasteiger partial charge in [-0.2, -0.15) is 9.78 Å². The third kappa shape index (κ3) is 1.21. The number of nitrogens with zero attached hydrogens (tertiary/aromatic N) is 4. The third-order valence-electron chi connectivity index (χ3n) is 1.58. The fourth-order valence-electron chi connectivity index (χ4n) is 0.963. The summed E-state index contributed by atoms with van der Waals surface area (Å²) in [6.07, 6.45) is 2.68. The molecule has 0 bridgehead atoms. The molecule has 2 aromatic rings. The predicted molar refractivity (Wildman–Crippen MR) is 50.3 cm³/mol. The topological polar surface area (TPSA) is 99.9 Å². The molecule has 0 aliphatic carbocycles. The summed E-state index contributed by atoms with van der Waals surface area (Å²) in [4.78, 5) is 13.8. The molecule has 14 heavy (non-hydrogen) atoms. The van der Waals surface area contributed by atoms with Crippen molar-refractivity contribution in [1.82, 2.24) is 14.8 Å². The molecular formula is C6H5N5O2S. The van der Waals surface area contributed by atoms with Crippen molar-refractivity contribution < 1.29 is 4.92 Å². The molecule has 0 radical (unpaired) electrons. The van der Waals surface area contributed by atoms with Crippen LogP contribution < -0.4 is 5.73 Å². The van der Waals surface area contributed by atoms with Gasteiger partial charge in [-0.25, -0.2) is 4.98 Å². The van der Waals surface area contributed by atoms with E-state index in [4.69, 9.17) is 5.73 Å². The number of nitrogens with two attached hydrogens (primary N) is 1. The molecular weight excluding hydrogens is 206 g/mol. The maximum atomic E-state index is 10.5. The number of thiazole rings is 1. The first kappa shape index (κ1) is 8.63. The van der Waals surface area contributed by atoms with Crippen molar-refractivity contribution in [2.24, 2.45) is 0 Å². The quantitative estimate of drug-likeness (QED) is 0.585. The summed E-state index contributed by atoms with van der Waals surface area (Å²) >= 11 is 1.30. The Morgan fingerprint density at radius 1 is 1.64 bits per heavy atom. The molecule has 0 atom stereocenters. The number of hydrogen-bond donors (Lipinski definition) is 1. The van der Waals surface area contributed by atoms with Crippen molar-refractivity contribution in [1.29, 1.82) is 0 Å². The van der Waals surface area contributed by atoms with Crippen molar-refractivity contribution in [3.05, 3.63) is 27.9 Å². The lowest BCUT2D eigenvalue weighted by molar-refractivity contribution is -0.383. The molecule has 2 aromatic heterocycles. The van der Waals surface area contributed by atoms with Gasteiger partial charge in [0.05, 0.1) is 4.92 Å². The van der Waals surface area contributed by atoms with E-state index in [1.807, 2.05) is 0 Å². The Morgan fingerprint density at radius 2 is 2.43 bits per heavy atom. The number of hydrogen-bond acceptors (Lipinski definition) is 6. The van der Waals surface area contributed by atoms with E-state index in [0.717, 1.165) is 6.20 Å². The van der Waals surface area contributed by atoms with E-state index < -0.39 is 4.92 Å². The van der Waals surface area contributed by atoms with Crippen LogP contribution in [0.4, 0.5) is 11.5 Å². The van der Waals surface area contributed by atoms with E-state index in [1.165, 1.54) is 16.0 Å². The Bertz CT molecular complexity index is 463. The molecule has 2 heterocycles. The van der Waals surface area contributed by atoms with Crippen molar-refractivity contribution in [3.8, 4) is 5.13 Å². The summed E-state index contributed by atoms with van der Waals surface area (Å²) in [6, 6.07) is 0. The monoisotopic (exact) mass is 211 g/mol. The highest BCUT2D eigenvalue weighted by Crippen LogP contribution is 2.23. The SMILES string of the molecule is Nc1c([N+](=O)[O-])cnn1-c1nccs1. The third-order valence-corrected chi connectivity index (χ3v) is 2.33. The molecule has 0 fully saturated rings. The molecule has 0 spiro atoms. The number of rotatable bonds is 2. The second-order valence-electron chi connectivity index (χ2n) is 2.40. The summed E-state index contributed by atoms with van der Waals surface area (Å²) < 4.78 is 1.24. The summed E-state index contributed by atoms with van der Waals surface area (Å²) in [5, 5.41) is 16.5. The fraction of sp³-hybridized carbons (Fsp3) is 0. The largest absolute Gasteiger partial charge is 0.378 e. The highest BCUT2D eigenvalue weighted by Gasteiger charge is 2.19. The predicted octanol–water partition coefficient (Wildman–Crippen LogP) is 0.819. The maximum absolute atomic E-state index is 10.5. The molecule has 0 saturated carbocycles. The fourth-order valence-corrected chi connectivity index (χ4v) is 1.57. The van der Waals surface area contributed by atoms with E-state index in [1.54, 1.807) is 11.6 Å². The van der Waals surface area contributed by atoms with Gasteiger partial charge in [0, 0.05) is 11.6 Å². The van der Waals surface area contributed by atoms with Crippen LogP contribution in [0.2, 0.25) is 0 Å². The molecule has 0 saturated heterocycles. The van der Waals surface area contributed by atoms with Crippen LogP contribution in [0.3, 0.4) is 0 Å². The molecule has 0 amide bonds. The highest BCUT2D eigenvalue weighted by molar-refractivity contribution is 7.12. The summed E-state index contributed by atoms with van der Waals surface area (Å²) in [7, 11) is 0.